The van der Waals surface area contributed by atoms with Crippen molar-refractivity contribution < 1.29 is 24.2 Å². The average Bonchev–Trinajstić information content (AvgIpc) is 3.16. The SMILES string of the molecule is COc1ccc(OCC(O)CN2C(N3CCCC(C)C3)=NC3C2C(=O)NC(=O)N3C)cc1. The normalized spacial score (nSPS) is 26.4. The van der Waals surface area contributed by atoms with Crippen LogP contribution in [-0.2, 0) is 4.79 Å². The van der Waals surface area contributed by atoms with E-state index in [4.69, 9.17) is 14.5 Å². The van der Waals surface area contributed by atoms with E-state index in [9.17, 15) is 14.7 Å². The van der Waals surface area contributed by atoms with Gasteiger partial charge in [0.05, 0.1) is 13.7 Å². The van der Waals surface area contributed by atoms with Crippen molar-refractivity contribution in [3.05, 3.63) is 24.3 Å². The van der Waals surface area contributed by atoms with Gasteiger partial charge in [0.2, 0.25) is 0 Å². The van der Waals surface area contributed by atoms with E-state index in [-0.39, 0.29) is 13.2 Å². The molecule has 0 spiro atoms. The van der Waals surface area contributed by atoms with Crippen LogP contribution in [0, 0.1) is 5.92 Å². The molecule has 0 aliphatic carbocycles. The van der Waals surface area contributed by atoms with Crippen LogP contribution in [0.15, 0.2) is 29.3 Å². The summed E-state index contributed by atoms with van der Waals surface area (Å²) in [6, 6.07) is 5.98. The molecule has 1 aromatic carbocycles. The molecule has 32 heavy (non-hydrogen) atoms. The number of ether oxygens (including phenoxy) is 2. The Labute approximate surface area is 187 Å². The van der Waals surface area contributed by atoms with Crippen molar-refractivity contribution in [1.82, 2.24) is 20.0 Å². The number of aliphatic hydroxyl groups is 1. The van der Waals surface area contributed by atoms with Gasteiger partial charge >= 0.3 is 6.03 Å². The minimum Gasteiger partial charge on any atom is -0.497 e. The summed E-state index contributed by atoms with van der Waals surface area (Å²) < 4.78 is 10.9. The lowest BCUT2D eigenvalue weighted by atomic mass is 10.0. The Morgan fingerprint density at radius 2 is 1.97 bits per heavy atom. The lowest BCUT2D eigenvalue weighted by Gasteiger charge is -2.40. The molecule has 3 heterocycles. The maximum absolute atomic E-state index is 12.7. The second-order valence-corrected chi connectivity index (χ2v) is 8.68. The highest BCUT2D eigenvalue weighted by atomic mass is 16.5. The zero-order chi connectivity index (χ0) is 22.8. The molecular weight excluding hydrogens is 414 g/mol. The maximum atomic E-state index is 12.7. The molecule has 2 fully saturated rings. The van der Waals surface area contributed by atoms with Gasteiger partial charge in [-0.15, -0.1) is 0 Å². The monoisotopic (exact) mass is 445 g/mol. The van der Waals surface area contributed by atoms with E-state index in [0.717, 1.165) is 31.7 Å². The van der Waals surface area contributed by atoms with Gasteiger partial charge in [-0.3, -0.25) is 10.1 Å². The summed E-state index contributed by atoms with van der Waals surface area (Å²) in [4.78, 5) is 35.1. The number of methoxy groups -OCH3 is 1. The lowest BCUT2D eigenvalue weighted by molar-refractivity contribution is -0.127. The molecule has 1 aromatic rings. The number of hydrogen-bond acceptors (Lipinski definition) is 8. The molecular formula is C22H31N5O5. The molecule has 0 bridgehead atoms. The Hall–Kier alpha value is -3.01. The number of carbonyl (C=O) groups is 2. The highest BCUT2D eigenvalue weighted by Gasteiger charge is 2.50. The van der Waals surface area contributed by atoms with Gasteiger partial charge in [0.1, 0.15) is 24.2 Å². The average molecular weight is 446 g/mol. The number of benzene rings is 1. The summed E-state index contributed by atoms with van der Waals surface area (Å²) >= 11 is 0. The summed E-state index contributed by atoms with van der Waals surface area (Å²) in [5.41, 5.74) is 0. The number of carbonyl (C=O) groups excluding carboxylic acids is 2. The minimum absolute atomic E-state index is 0.0558. The highest BCUT2D eigenvalue weighted by molar-refractivity contribution is 6.03. The number of nitrogens with one attached hydrogen (secondary N) is 1. The first-order chi connectivity index (χ1) is 15.4. The zero-order valence-corrected chi connectivity index (χ0v) is 18.7. The van der Waals surface area contributed by atoms with Gasteiger partial charge in [0.15, 0.2) is 18.2 Å². The standard InChI is InChI=1S/C22H31N5O5/c1-14-5-4-10-26(11-14)21-23-19-18(20(29)24-22(30)25(19)2)27(21)12-15(28)13-32-17-8-6-16(31-3)7-9-17/h6-9,14-15,18-19,28H,4-5,10-13H2,1-3H3,(H,24,29,30). The van der Waals surface area contributed by atoms with Crippen LogP contribution < -0.4 is 14.8 Å². The number of piperidine rings is 1. The first-order valence-electron chi connectivity index (χ1n) is 11.0. The van der Waals surface area contributed by atoms with Crippen LogP contribution in [0.2, 0.25) is 0 Å². The van der Waals surface area contributed by atoms with Crippen LogP contribution >= 0.6 is 0 Å². The fourth-order valence-corrected chi connectivity index (χ4v) is 4.49. The summed E-state index contributed by atoms with van der Waals surface area (Å²) in [6.07, 6.45) is 0.707. The molecule has 10 nitrogen and oxygen atoms in total. The Morgan fingerprint density at radius 3 is 2.66 bits per heavy atom. The number of aliphatic imine (C=N–C) groups is 1. The molecule has 10 heteroatoms. The van der Waals surface area contributed by atoms with Crippen LogP contribution in [0.3, 0.4) is 0 Å². The number of nitrogens with zero attached hydrogens (tertiary/aromatic N) is 4. The summed E-state index contributed by atoms with van der Waals surface area (Å²) in [6.45, 7) is 4.07. The number of likely N-dealkylation sites (N-methyl/N-ethyl adjacent to an activating group) is 1. The van der Waals surface area contributed by atoms with Gasteiger partial charge in [0.25, 0.3) is 5.91 Å². The van der Waals surface area contributed by atoms with E-state index in [0.29, 0.717) is 17.6 Å². The summed E-state index contributed by atoms with van der Waals surface area (Å²) in [5, 5.41) is 13.2. The number of rotatable bonds is 6. The largest absolute Gasteiger partial charge is 0.497 e. The third-order valence-corrected chi connectivity index (χ3v) is 6.19. The van der Waals surface area contributed by atoms with Crippen molar-refractivity contribution in [1.29, 1.82) is 0 Å². The number of urea groups is 1. The number of guanidine groups is 1. The fraction of sp³-hybridized carbons (Fsp3) is 0.591. The smallest absolute Gasteiger partial charge is 0.325 e. The van der Waals surface area contributed by atoms with Crippen LogP contribution in [0.5, 0.6) is 11.5 Å². The van der Waals surface area contributed by atoms with E-state index in [1.807, 2.05) is 4.90 Å². The quantitative estimate of drug-likeness (QED) is 0.664. The Bertz CT molecular complexity index is 876. The third kappa shape index (κ3) is 4.45. The fourth-order valence-electron chi connectivity index (χ4n) is 4.49. The second-order valence-electron chi connectivity index (χ2n) is 8.68. The molecule has 2 saturated heterocycles. The molecule has 3 aliphatic heterocycles. The lowest BCUT2D eigenvalue weighted by Crippen LogP contribution is -2.65. The molecule has 4 unspecified atom stereocenters. The van der Waals surface area contributed by atoms with Crippen molar-refractivity contribution >= 4 is 17.9 Å². The summed E-state index contributed by atoms with van der Waals surface area (Å²) in [7, 11) is 3.23. The highest BCUT2D eigenvalue weighted by Crippen LogP contribution is 2.28. The van der Waals surface area contributed by atoms with Crippen LogP contribution in [0.4, 0.5) is 4.79 Å². The van der Waals surface area contributed by atoms with Gasteiger partial charge < -0.3 is 29.3 Å². The number of aliphatic hydroxyl groups excluding tert-OH is 1. The minimum atomic E-state index is -0.862. The van der Waals surface area contributed by atoms with E-state index < -0.39 is 30.2 Å². The van der Waals surface area contributed by atoms with E-state index in [1.54, 1.807) is 38.4 Å². The van der Waals surface area contributed by atoms with Gasteiger partial charge in [-0.1, -0.05) is 6.92 Å². The summed E-state index contributed by atoms with van der Waals surface area (Å²) in [5.74, 6) is 2.10. The maximum Gasteiger partial charge on any atom is 0.325 e. The van der Waals surface area contributed by atoms with Crippen LogP contribution in [0.1, 0.15) is 19.8 Å². The molecule has 4 atom stereocenters. The van der Waals surface area contributed by atoms with Crippen molar-refractivity contribution in [3.63, 3.8) is 0 Å². The molecule has 0 aromatic heterocycles. The van der Waals surface area contributed by atoms with Crippen molar-refractivity contribution in [3.8, 4) is 11.5 Å². The van der Waals surface area contributed by atoms with Gasteiger partial charge in [-0.25, -0.2) is 9.79 Å². The van der Waals surface area contributed by atoms with Gasteiger partial charge in [-0.2, -0.15) is 0 Å². The number of fused-ring (bicyclic) bond motifs is 1. The second kappa shape index (κ2) is 9.23. The topological polar surface area (TPSA) is 107 Å². The predicted molar refractivity (Wildman–Crippen MR) is 117 cm³/mol. The first kappa shape index (κ1) is 22.2. The molecule has 3 amide bonds. The molecule has 174 valence electrons. The van der Waals surface area contributed by atoms with E-state index in [2.05, 4.69) is 17.1 Å². The first-order valence-corrected chi connectivity index (χ1v) is 11.0. The predicted octanol–water partition coefficient (Wildman–Crippen LogP) is 0.715. The molecule has 3 aliphatic rings. The number of amides is 3. The van der Waals surface area contributed by atoms with Gasteiger partial charge in [0, 0.05) is 20.1 Å². The van der Waals surface area contributed by atoms with E-state index >= 15 is 0 Å². The van der Waals surface area contributed by atoms with Crippen LogP contribution in [-0.4, -0.2) is 96.4 Å². The Kier molecular flexibility index (Phi) is 6.40. The number of imide groups is 1. The molecule has 2 N–H and O–H groups in total. The van der Waals surface area contributed by atoms with Gasteiger partial charge in [-0.05, 0) is 43.0 Å². The van der Waals surface area contributed by atoms with Crippen molar-refractivity contribution in [2.75, 3.05) is 40.4 Å². The van der Waals surface area contributed by atoms with Crippen molar-refractivity contribution in [2.45, 2.75) is 38.1 Å². The molecule has 0 saturated carbocycles. The van der Waals surface area contributed by atoms with E-state index in [1.165, 1.54) is 4.90 Å². The molecule has 0 radical (unpaired) electrons. The third-order valence-electron chi connectivity index (χ3n) is 6.19. The molecule has 4 rings (SSSR count). The number of likely N-dealkylation sites (tertiary alicyclic amines) is 1. The van der Waals surface area contributed by atoms with Crippen LogP contribution in [0.25, 0.3) is 0 Å². The Morgan fingerprint density at radius 1 is 1.25 bits per heavy atom. The zero-order valence-electron chi connectivity index (χ0n) is 18.7. The van der Waals surface area contributed by atoms with Crippen molar-refractivity contribution in [2.24, 2.45) is 10.9 Å². The number of β-amino-alcohol motifs (C(OH)–C–C–N with tert-alkyl or cyclic N) is 1. The number of hydrogen-bond donors (Lipinski definition) is 2. The Balaban J connectivity index is 1.48.